The van der Waals surface area contributed by atoms with E-state index in [0.29, 0.717) is 16.8 Å². The van der Waals surface area contributed by atoms with Crippen molar-refractivity contribution in [2.75, 3.05) is 5.32 Å². The van der Waals surface area contributed by atoms with Crippen molar-refractivity contribution in [3.8, 4) is 5.69 Å². The molecule has 0 radical (unpaired) electrons. The van der Waals surface area contributed by atoms with Crippen LogP contribution in [0.15, 0.2) is 64.1 Å². The predicted molar refractivity (Wildman–Crippen MR) is 88.3 cm³/mol. The van der Waals surface area contributed by atoms with Crippen LogP contribution in [0.4, 0.5) is 5.69 Å². The summed E-state index contributed by atoms with van der Waals surface area (Å²) in [7, 11) is 0. The zero-order valence-corrected chi connectivity index (χ0v) is 12.9. The highest BCUT2D eigenvalue weighted by Crippen LogP contribution is 2.14. The number of aromatic nitrogens is 5. The van der Waals surface area contributed by atoms with Gasteiger partial charge in [0.2, 0.25) is 5.91 Å². The lowest BCUT2D eigenvalue weighted by Gasteiger charge is -2.06. The number of oxazole rings is 1. The average molecular weight is 336 g/mol. The maximum atomic E-state index is 12.2. The fourth-order valence-electron chi connectivity index (χ4n) is 2.48. The second-order valence-corrected chi connectivity index (χ2v) is 5.27. The van der Waals surface area contributed by atoms with Crippen LogP contribution in [0.1, 0.15) is 0 Å². The van der Waals surface area contributed by atoms with E-state index in [2.05, 4.69) is 20.8 Å². The third-order valence-electron chi connectivity index (χ3n) is 3.64. The second-order valence-electron chi connectivity index (χ2n) is 5.27. The number of fused-ring (bicyclic) bond motifs is 1. The molecule has 9 heteroatoms. The molecule has 4 aromatic rings. The Morgan fingerprint density at radius 3 is 2.68 bits per heavy atom. The zero-order valence-electron chi connectivity index (χ0n) is 12.9. The summed E-state index contributed by atoms with van der Waals surface area (Å²) in [6.07, 6.45) is 1.48. The van der Waals surface area contributed by atoms with Gasteiger partial charge in [0.05, 0.1) is 11.2 Å². The van der Waals surface area contributed by atoms with Crippen LogP contribution in [0.3, 0.4) is 0 Å². The van der Waals surface area contributed by atoms with Crippen molar-refractivity contribution in [3.05, 3.63) is 65.4 Å². The van der Waals surface area contributed by atoms with Gasteiger partial charge in [0.25, 0.3) is 0 Å². The molecule has 9 nitrogen and oxygen atoms in total. The number of carbonyl (C=O) groups excluding carboxylic acids is 1. The Balaban J connectivity index is 1.50. The Labute approximate surface area is 140 Å². The molecule has 0 unspecified atom stereocenters. The first kappa shape index (κ1) is 14.8. The van der Waals surface area contributed by atoms with Crippen molar-refractivity contribution in [3.63, 3.8) is 0 Å². The molecule has 0 atom stereocenters. The quantitative estimate of drug-likeness (QED) is 0.600. The number of amides is 1. The molecule has 1 N–H and O–H groups in total. The van der Waals surface area contributed by atoms with E-state index in [4.69, 9.17) is 4.42 Å². The highest BCUT2D eigenvalue weighted by molar-refractivity contribution is 5.91. The molecular formula is C16H12N6O3. The van der Waals surface area contributed by atoms with E-state index in [1.807, 2.05) is 0 Å². The standard InChI is InChI=1S/C16H12N6O3/c23-15(9-21-13-3-1-2-4-14(13)25-16(21)24)18-11-5-7-12(8-6-11)22-10-17-19-20-22/h1-8,10H,9H2,(H,18,23). The van der Waals surface area contributed by atoms with Gasteiger partial charge in [-0.2, -0.15) is 0 Å². The van der Waals surface area contributed by atoms with Gasteiger partial charge in [-0.05, 0) is 46.8 Å². The van der Waals surface area contributed by atoms with E-state index in [1.165, 1.54) is 15.6 Å². The van der Waals surface area contributed by atoms with Crippen molar-refractivity contribution in [1.82, 2.24) is 24.8 Å². The van der Waals surface area contributed by atoms with Crippen molar-refractivity contribution >= 4 is 22.7 Å². The summed E-state index contributed by atoms with van der Waals surface area (Å²) in [5.41, 5.74) is 2.39. The molecule has 0 aliphatic heterocycles. The van der Waals surface area contributed by atoms with Gasteiger partial charge in [-0.15, -0.1) is 5.10 Å². The summed E-state index contributed by atoms with van der Waals surface area (Å²) >= 11 is 0. The number of para-hydroxylation sites is 2. The van der Waals surface area contributed by atoms with E-state index in [0.717, 1.165) is 5.69 Å². The normalized spacial score (nSPS) is 10.9. The van der Waals surface area contributed by atoms with E-state index < -0.39 is 5.76 Å². The molecule has 2 aromatic heterocycles. The molecule has 2 aromatic carbocycles. The minimum atomic E-state index is -0.564. The Kier molecular flexibility index (Phi) is 3.58. The first-order chi connectivity index (χ1) is 12.2. The number of tetrazole rings is 1. The molecule has 0 aliphatic rings. The number of hydrogen-bond donors (Lipinski definition) is 1. The summed E-state index contributed by atoms with van der Waals surface area (Å²) in [4.78, 5) is 24.1. The van der Waals surface area contributed by atoms with Crippen LogP contribution < -0.4 is 11.1 Å². The van der Waals surface area contributed by atoms with Crippen molar-refractivity contribution in [2.24, 2.45) is 0 Å². The first-order valence-corrected chi connectivity index (χ1v) is 7.42. The average Bonchev–Trinajstić information content (AvgIpc) is 3.25. The van der Waals surface area contributed by atoms with Crippen LogP contribution in [-0.2, 0) is 11.3 Å². The van der Waals surface area contributed by atoms with Crippen molar-refractivity contribution < 1.29 is 9.21 Å². The highest BCUT2D eigenvalue weighted by atomic mass is 16.4. The molecule has 2 heterocycles. The van der Waals surface area contributed by atoms with Gasteiger partial charge in [0.15, 0.2) is 5.58 Å². The third kappa shape index (κ3) is 2.90. The molecule has 25 heavy (non-hydrogen) atoms. The summed E-state index contributed by atoms with van der Waals surface area (Å²) < 4.78 is 7.91. The Bertz CT molecular complexity index is 1080. The number of nitrogens with zero attached hydrogens (tertiary/aromatic N) is 5. The van der Waals surface area contributed by atoms with Crippen LogP contribution in [-0.4, -0.2) is 30.7 Å². The number of hydrogen-bond acceptors (Lipinski definition) is 6. The molecule has 1 amide bonds. The van der Waals surface area contributed by atoms with Crippen LogP contribution in [0, 0.1) is 0 Å². The summed E-state index contributed by atoms with van der Waals surface area (Å²) in [6, 6.07) is 14.0. The first-order valence-electron chi connectivity index (χ1n) is 7.42. The summed E-state index contributed by atoms with van der Waals surface area (Å²) in [5.74, 6) is -0.894. The summed E-state index contributed by atoms with van der Waals surface area (Å²) in [6.45, 7) is -0.134. The topological polar surface area (TPSA) is 108 Å². The van der Waals surface area contributed by atoms with E-state index >= 15 is 0 Å². The largest absolute Gasteiger partial charge is 0.420 e. The minimum absolute atomic E-state index is 0.134. The van der Waals surface area contributed by atoms with Crippen LogP contribution in [0.25, 0.3) is 16.8 Å². The number of benzene rings is 2. The Morgan fingerprint density at radius 2 is 1.92 bits per heavy atom. The number of carbonyl (C=O) groups is 1. The van der Waals surface area contributed by atoms with Crippen LogP contribution in [0.5, 0.6) is 0 Å². The Hall–Kier alpha value is -3.75. The fraction of sp³-hybridized carbons (Fsp3) is 0.0625. The lowest BCUT2D eigenvalue weighted by Crippen LogP contribution is -2.24. The highest BCUT2D eigenvalue weighted by Gasteiger charge is 2.12. The number of rotatable bonds is 4. The number of anilines is 1. The van der Waals surface area contributed by atoms with Gasteiger partial charge in [-0.3, -0.25) is 9.36 Å². The van der Waals surface area contributed by atoms with Crippen LogP contribution in [0.2, 0.25) is 0 Å². The molecular weight excluding hydrogens is 324 g/mol. The zero-order chi connectivity index (χ0) is 17.2. The molecule has 124 valence electrons. The van der Waals surface area contributed by atoms with Crippen molar-refractivity contribution in [1.29, 1.82) is 0 Å². The molecule has 0 saturated heterocycles. The van der Waals surface area contributed by atoms with E-state index in [-0.39, 0.29) is 12.5 Å². The van der Waals surface area contributed by atoms with Gasteiger partial charge in [-0.25, -0.2) is 9.48 Å². The van der Waals surface area contributed by atoms with Gasteiger partial charge < -0.3 is 9.73 Å². The molecule has 0 fully saturated rings. The van der Waals surface area contributed by atoms with Crippen molar-refractivity contribution in [2.45, 2.75) is 6.54 Å². The fourth-order valence-corrected chi connectivity index (χ4v) is 2.48. The lowest BCUT2D eigenvalue weighted by atomic mass is 10.3. The lowest BCUT2D eigenvalue weighted by molar-refractivity contribution is -0.116. The van der Waals surface area contributed by atoms with Gasteiger partial charge in [0, 0.05) is 5.69 Å². The monoisotopic (exact) mass is 336 g/mol. The van der Waals surface area contributed by atoms with E-state index in [1.54, 1.807) is 48.5 Å². The number of nitrogens with one attached hydrogen (secondary N) is 1. The maximum absolute atomic E-state index is 12.2. The second kappa shape index (κ2) is 6.04. The molecule has 0 saturated carbocycles. The van der Waals surface area contributed by atoms with Gasteiger partial charge >= 0.3 is 5.76 Å². The molecule has 0 spiro atoms. The van der Waals surface area contributed by atoms with Gasteiger partial charge in [-0.1, -0.05) is 12.1 Å². The Morgan fingerprint density at radius 1 is 1.12 bits per heavy atom. The predicted octanol–water partition coefficient (Wildman–Crippen LogP) is 1.21. The third-order valence-corrected chi connectivity index (χ3v) is 3.64. The SMILES string of the molecule is O=C(Cn1c(=O)oc2ccccc21)Nc1ccc(-n2cnnn2)cc1. The molecule has 4 rings (SSSR count). The van der Waals surface area contributed by atoms with Gasteiger partial charge in [0.1, 0.15) is 12.9 Å². The smallest absolute Gasteiger partial charge is 0.408 e. The minimum Gasteiger partial charge on any atom is -0.408 e. The summed E-state index contributed by atoms with van der Waals surface area (Å²) in [5, 5.41) is 13.7. The maximum Gasteiger partial charge on any atom is 0.420 e. The molecule has 0 aliphatic carbocycles. The molecule has 0 bridgehead atoms. The van der Waals surface area contributed by atoms with E-state index in [9.17, 15) is 9.59 Å². The van der Waals surface area contributed by atoms with Crippen LogP contribution >= 0.6 is 0 Å².